The summed E-state index contributed by atoms with van der Waals surface area (Å²) in [5.74, 6) is -10.1. The number of amides is 1. The molecule has 30 heavy (non-hydrogen) atoms. The van der Waals surface area contributed by atoms with Gasteiger partial charge in [-0.15, -0.1) is 0 Å². The number of primary amides is 1. The van der Waals surface area contributed by atoms with Crippen LogP contribution < -0.4 is 5.73 Å². The minimum atomic E-state index is -4.63. The van der Waals surface area contributed by atoms with Gasteiger partial charge < -0.3 is 5.73 Å². The van der Waals surface area contributed by atoms with Crippen LogP contribution in [0, 0.1) is 29.1 Å². The van der Waals surface area contributed by atoms with Crippen molar-refractivity contribution in [1.82, 2.24) is 0 Å². The fourth-order valence-electron chi connectivity index (χ4n) is 3.72. The summed E-state index contributed by atoms with van der Waals surface area (Å²) < 4.78 is 94.3. The average Bonchev–Trinajstić information content (AvgIpc) is 2.67. The summed E-state index contributed by atoms with van der Waals surface area (Å²) in [6.07, 6.45) is 1.20. The van der Waals surface area contributed by atoms with Crippen molar-refractivity contribution in [3.63, 3.8) is 0 Å². The van der Waals surface area contributed by atoms with E-state index in [0.717, 1.165) is 0 Å². The van der Waals surface area contributed by atoms with E-state index >= 15 is 0 Å². The lowest BCUT2D eigenvalue weighted by Crippen LogP contribution is -2.51. The first-order valence-corrected chi connectivity index (χ1v) is 10.7. The number of carbonyl (C=O) groups excluding carboxylic acids is 1. The van der Waals surface area contributed by atoms with Gasteiger partial charge in [0.05, 0.1) is 15.5 Å². The number of rotatable bonds is 4. The SMILES string of the molecule is NC(=O)C1(S(=O)(=O)c2cc(-c3c(F)cc(F)c(F)c3F)c(F)cc2Cl)CCCCC1. The van der Waals surface area contributed by atoms with Crippen LogP contribution in [0.3, 0.4) is 0 Å². The highest BCUT2D eigenvalue weighted by Crippen LogP contribution is 2.43. The Labute approximate surface area is 173 Å². The van der Waals surface area contributed by atoms with Crippen molar-refractivity contribution in [3.05, 3.63) is 52.3 Å². The molecule has 0 saturated heterocycles. The lowest BCUT2D eigenvalue weighted by atomic mass is 9.88. The van der Waals surface area contributed by atoms with Crippen molar-refractivity contribution in [3.8, 4) is 11.1 Å². The van der Waals surface area contributed by atoms with Crippen molar-refractivity contribution in [2.24, 2.45) is 5.73 Å². The summed E-state index contributed by atoms with van der Waals surface area (Å²) in [7, 11) is -4.63. The molecule has 11 heteroatoms. The second-order valence-electron chi connectivity index (χ2n) is 7.03. The predicted molar refractivity (Wildman–Crippen MR) is 98.9 cm³/mol. The Morgan fingerprint density at radius 1 is 0.900 bits per heavy atom. The Balaban J connectivity index is 2.30. The van der Waals surface area contributed by atoms with Crippen molar-refractivity contribution in [1.29, 1.82) is 0 Å². The third-order valence-electron chi connectivity index (χ3n) is 5.32. The van der Waals surface area contributed by atoms with Gasteiger partial charge in [-0.25, -0.2) is 30.4 Å². The maximum absolute atomic E-state index is 14.5. The van der Waals surface area contributed by atoms with E-state index in [0.29, 0.717) is 31.4 Å². The van der Waals surface area contributed by atoms with Gasteiger partial charge in [-0.3, -0.25) is 4.79 Å². The number of sulfone groups is 1. The molecule has 1 saturated carbocycles. The van der Waals surface area contributed by atoms with E-state index in [-0.39, 0.29) is 18.9 Å². The Bertz CT molecular complexity index is 1150. The molecule has 162 valence electrons. The number of halogens is 6. The van der Waals surface area contributed by atoms with Gasteiger partial charge in [-0.2, -0.15) is 0 Å². The van der Waals surface area contributed by atoms with Crippen LogP contribution in [0.4, 0.5) is 22.0 Å². The van der Waals surface area contributed by atoms with Crippen LogP contribution in [0.1, 0.15) is 32.1 Å². The van der Waals surface area contributed by atoms with Crippen LogP contribution in [-0.2, 0) is 14.6 Å². The lowest BCUT2D eigenvalue weighted by Gasteiger charge is -2.34. The third-order valence-corrected chi connectivity index (χ3v) is 8.30. The number of carbonyl (C=O) groups is 1. The van der Waals surface area contributed by atoms with Crippen molar-refractivity contribution in [2.45, 2.75) is 41.7 Å². The monoisotopic (exact) mass is 467 g/mol. The molecular formula is C19H15ClF5NO3S. The molecule has 2 N–H and O–H groups in total. The van der Waals surface area contributed by atoms with Gasteiger partial charge in [0.1, 0.15) is 11.6 Å². The predicted octanol–water partition coefficient (Wildman–Crippen LogP) is 4.66. The Hall–Kier alpha value is -2.20. The van der Waals surface area contributed by atoms with E-state index in [9.17, 15) is 35.2 Å². The molecule has 0 spiro atoms. The molecule has 0 aliphatic heterocycles. The number of nitrogens with two attached hydrogens (primary N) is 1. The van der Waals surface area contributed by atoms with Gasteiger partial charge in [0.2, 0.25) is 5.91 Å². The van der Waals surface area contributed by atoms with Crippen LogP contribution in [0.25, 0.3) is 11.1 Å². The quantitative estimate of drug-likeness (QED) is 0.307. The molecule has 3 rings (SSSR count). The summed E-state index contributed by atoms with van der Waals surface area (Å²) in [5, 5.41) is -0.647. The zero-order valence-electron chi connectivity index (χ0n) is 15.2. The van der Waals surface area contributed by atoms with Gasteiger partial charge >= 0.3 is 0 Å². The molecular weight excluding hydrogens is 453 g/mol. The fourth-order valence-corrected chi connectivity index (χ4v) is 6.28. The molecule has 1 aliphatic carbocycles. The zero-order valence-corrected chi connectivity index (χ0v) is 16.8. The maximum atomic E-state index is 14.5. The van der Waals surface area contributed by atoms with Crippen LogP contribution >= 0.6 is 11.6 Å². The van der Waals surface area contributed by atoms with Gasteiger partial charge in [0.15, 0.2) is 32.0 Å². The minimum Gasteiger partial charge on any atom is -0.368 e. The highest BCUT2D eigenvalue weighted by Gasteiger charge is 2.51. The molecule has 0 heterocycles. The van der Waals surface area contributed by atoms with E-state index in [4.69, 9.17) is 17.3 Å². The van der Waals surface area contributed by atoms with Gasteiger partial charge in [0.25, 0.3) is 0 Å². The molecule has 0 atom stereocenters. The smallest absolute Gasteiger partial charge is 0.239 e. The number of hydrogen-bond acceptors (Lipinski definition) is 3. The van der Waals surface area contributed by atoms with E-state index in [1.807, 2.05) is 0 Å². The first-order valence-electron chi connectivity index (χ1n) is 8.81. The number of benzene rings is 2. The highest BCUT2D eigenvalue weighted by atomic mass is 35.5. The van der Waals surface area contributed by atoms with Crippen molar-refractivity contribution in [2.75, 3.05) is 0 Å². The van der Waals surface area contributed by atoms with Crippen LogP contribution in [0.15, 0.2) is 23.1 Å². The first-order chi connectivity index (χ1) is 13.9. The summed E-state index contributed by atoms with van der Waals surface area (Å²) in [4.78, 5) is 11.3. The van der Waals surface area contributed by atoms with Crippen LogP contribution in [0.2, 0.25) is 5.02 Å². The standard InChI is InChI=1S/C19H15ClF5NO3S/c20-10-7-11(21)9(15-12(22)8-13(23)16(24)17(15)25)6-14(10)30(28,29)19(18(26)27)4-2-1-3-5-19/h6-8H,1-5H2,(H2,26,27). The molecule has 1 fully saturated rings. The summed E-state index contributed by atoms with van der Waals surface area (Å²) in [5.41, 5.74) is 3.09. The minimum absolute atomic E-state index is 0.00199. The van der Waals surface area contributed by atoms with Crippen molar-refractivity contribution < 1.29 is 35.2 Å². The second-order valence-corrected chi connectivity index (χ2v) is 9.66. The molecule has 4 nitrogen and oxygen atoms in total. The molecule has 0 unspecified atom stereocenters. The largest absolute Gasteiger partial charge is 0.368 e. The molecule has 1 aliphatic rings. The van der Waals surface area contributed by atoms with Crippen LogP contribution in [0.5, 0.6) is 0 Å². The zero-order chi connectivity index (χ0) is 22.4. The van der Waals surface area contributed by atoms with E-state index < -0.39 is 70.6 Å². The summed E-state index contributed by atoms with van der Waals surface area (Å²) in [6.45, 7) is 0. The van der Waals surface area contributed by atoms with Gasteiger partial charge in [-0.1, -0.05) is 30.9 Å². The first kappa shape index (κ1) is 22.5. The molecule has 1 amide bonds. The topological polar surface area (TPSA) is 77.2 Å². The molecule has 0 radical (unpaired) electrons. The van der Waals surface area contributed by atoms with Gasteiger partial charge in [-0.05, 0) is 25.0 Å². The van der Waals surface area contributed by atoms with E-state index in [2.05, 4.69) is 0 Å². The third kappa shape index (κ3) is 3.35. The fraction of sp³-hybridized carbons (Fsp3) is 0.316. The van der Waals surface area contributed by atoms with E-state index in [1.165, 1.54) is 0 Å². The normalized spacial score (nSPS) is 16.5. The molecule has 0 bridgehead atoms. The maximum Gasteiger partial charge on any atom is 0.239 e. The summed E-state index contributed by atoms with van der Waals surface area (Å²) in [6, 6.07) is 0.981. The molecule has 0 aromatic heterocycles. The van der Waals surface area contributed by atoms with Crippen molar-refractivity contribution >= 4 is 27.3 Å². The Kier molecular flexibility index (Phi) is 5.85. The molecule has 2 aromatic rings. The van der Waals surface area contributed by atoms with Crippen LogP contribution in [-0.4, -0.2) is 19.1 Å². The Morgan fingerprint density at radius 2 is 1.50 bits per heavy atom. The van der Waals surface area contributed by atoms with Gasteiger partial charge in [0, 0.05) is 11.6 Å². The number of hydrogen-bond donors (Lipinski definition) is 1. The highest BCUT2D eigenvalue weighted by molar-refractivity contribution is 7.93. The Morgan fingerprint density at radius 3 is 2.07 bits per heavy atom. The second kappa shape index (κ2) is 7.81. The lowest BCUT2D eigenvalue weighted by molar-refractivity contribution is -0.121. The summed E-state index contributed by atoms with van der Waals surface area (Å²) >= 11 is 5.90. The average molecular weight is 468 g/mol. The van der Waals surface area contributed by atoms with E-state index in [1.54, 1.807) is 0 Å². The molecule has 2 aromatic carbocycles.